The molecule has 0 fully saturated rings. The fourth-order valence-electron chi connectivity index (χ4n) is 4.60. The summed E-state index contributed by atoms with van der Waals surface area (Å²) in [5, 5.41) is 0. The second-order valence-electron chi connectivity index (χ2n) is 7.62. The van der Waals surface area contributed by atoms with Crippen LogP contribution in [0.5, 0.6) is 5.75 Å². The third kappa shape index (κ3) is 3.91. The Morgan fingerprint density at radius 2 is 1.59 bits per heavy atom. The van der Waals surface area contributed by atoms with Crippen LogP contribution in [0.15, 0.2) is 78.9 Å². The van der Waals surface area contributed by atoms with E-state index in [-0.39, 0.29) is 17.9 Å². The third-order valence-electron chi connectivity index (χ3n) is 5.99. The molecule has 1 atom stereocenters. The van der Waals surface area contributed by atoms with Crippen molar-refractivity contribution in [3.63, 3.8) is 0 Å². The first-order valence-electron chi connectivity index (χ1n) is 10.2. The van der Waals surface area contributed by atoms with Gasteiger partial charge in [0.1, 0.15) is 5.75 Å². The Bertz CT molecular complexity index is 929. The molecule has 1 aliphatic rings. The molecule has 1 amide bonds. The lowest BCUT2D eigenvalue weighted by Gasteiger charge is -2.39. The van der Waals surface area contributed by atoms with Crippen molar-refractivity contribution in [1.29, 1.82) is 0 Å². The highest BCUT2D eigenvalue weighted by molar-refractivity contribution is 5.74. The summed E-state index contributed by atoms with van der Waals surface area (Å²) in [6.45, 7) is 2.40. The van der Waals surface area contributed by atoms with Gasteiger partial charge >= 0.3 is 0 Å². The van der Waals surface area contributed by atoms with E-state index in [1.807, 2.05) is 29.2 Å². The van der Waals surface area contributed by atoms with Crippen molar-refractivity contribution in [1.82, 2.24) is 4.90 Å². The Morgan fingerprint density at radius 1 is 0.966 bits per heavy atom. The van der Waals surface area contributed by atoms with Gasteiger partial charge < -0.3 is 9.64 Å². The van der Waals surface area contributed by atoms with Gasteiger partial charge in [0.15, 0.2) is 0 Å². The maximum absolute atomic E-state index is 12.5. The number of hydrogen-bond acceptors (Lipinski definition) is 2. The van der Waals surface area contributed by atoms with Gasteiger partial charge in [0.25, 0.3) is 0 Å². The summed E-state index contributed by atoms with van der Waals surface area (Å²) in [6.07, 6.45) is 1.67. The molecule has 1 heterocycles. The van der Waals surface area contributed by atoms with Crippen LogP contribution in [0.1, 0.15) is 47.6 Å². The Kier molecular flexibility index (Phi) is 5.66. The minimum atomic E-state index is 0.0248. The van der Waals surface area contributed by atoms with Crippen molar-refractivity contribution in [3.05, 3.63) is 101 Å². The number of hydrogen-bond donors (Lipinski definition) is 0. The van der Waals surface area contributed by atoms with Gasteiger partial charge in [-0.05, 0) is 35.6 Å². The summed E-state index contributed by atoms with van der Waals surface area (Å²) in [4.78, 5) is 14.6. The molecule has 0 saturated heterocycles. The zero-order chi connectivity index (χ0) is 20.2. The van der Waals surface area contributed by atoms with E-state index in [0.29, 0.717) is 0 Å². The largest absolute Gasteiger partial charge is 0.496 e. The molecule has 3 nitrogen and oxygen atoms in total. The molecule has 0 saturated carbocycles. The van der Waals surface area contributed by atoms with E-state index < -0.39 is 0 Å². The molecule has 0 aliphatic carbocycles. The average Bonchev–Trinajstić information content (AvgIpc) is 2.77. The standard InChI is InChI=1S/C26H27NO2/c1-19(28)27-17-16-23-22(14-9-15-26(23)29-2)25(27)18-24(20-10-5-3-6-11-20)21-12-7-4-8-13-21/h3-15,24-25H,16-18H2,1-2H3. The van der Waals surface area contributed by atoms with Gasteiger partial charge in [-0.15, -0.1) is 0 Å². The molecular formula is C26H27NO2. The van der Waals surface area contributed by atoms with E-state index in [9.17, 15) is 4.79 Å². The van der Waals surface area contributed by atoms with Crippen molar-refractivity contribution in [2.75, 3.05) is 13.7 Å². The summed E-state index contributed by atoms with van der Waals surface area (Å²) in [6, 6.07) is 27.4. The van der Waals surface area contributed by atoms with Crippen molar-refractivity contribution < 1.29 is 9.53 Å². The summed E-state index contributed by atoms with van der Waals surface area (Å²) in [5.41, 5.74) is 4.99. The van der Waals surface area contributed by atoms with Crippen molar-refractivity contribution in [3.8, 4) is 5.75 Å². The minimum absolute atomic E-state index is 0.0248. The number of rotatable bonds is 5. The highest BCUT2D eigenvalue weighted by Crippen LogP contribution is 2.42. The molecule has 148 valence electrons. The third-order valence-corrected chi connectivity index (χ3v) is 5.99. The molecule has 3 aromatic carbocycles. The van der Waals surface area contributed by atoms with Crippen LogP contribution < -0.4 is 4.74 Å². The molecule has 0 spiro atoms. The molecule has 0 N–H and O–H groups in total. The maximum Gasteiger partial charge on any atom is 0.219 e. The SMILES string of the molecule is COc1cccc2c1CCN(C(C)=O)C2CC(c1ccccc1)c1ccccc1. The van der Waals surface area contributed by atoms with Gasteiger partial charge in [-0.2, -0.15) is 0 Å². The van der Waals surface area contributed by atoms with Gasteiger partial charge in [0.2, 0.25) is 5.91 Å². The van der Waals surface area contributed by atoms with Crippen LogP contribution in [-0.4, -0.2) is 24.5 Å². The first-order chi connectivity index (χ1) is 14.2. The van der Waals surface area contributed by atoms with Gasteiger partial charge in [-0.3, -0.25) is 4.79 Å². The molecule has 3 heteroatoms. The smallest absolute Gasteiger partial charge is 0.219 e. The lowest BCUT2D eigenvalue weighted by Crippen LogP contribution is -2.39. The lowest BCUT2D eigenvalue weighted by molar-refractivity contribution is -0.132. The normalized spacial score (nSPS) is 15.8. The lowest BCUT2D eigenvalue weighted by atomic mass is 9.81. The molecule has 4 rings (SSSR count). The molecule has 0 bridgehead atoms. The number of benzene rings is 3. The first-order valence-corrected chi connectivity index (χ1v) is 10.2. The van der Waals surface area contributed by atoms with E-state index in [1.165, 1.54) is 22.3 Å². The van der Waals surface area contributed by atoms with Crippen LogP contribution >= 0.6 is 0 Å². The zero-order valence-corrected chi connectivity index (χ0v) is 17.0. The van der Waals surface area contributed by atoms with Crippen LogP contribution in [0.4, 0.5) is 0 Å². The number of ether oxygens (including phenoxy) is 1. The van der Waals surface area contributed by atoms with Gasteiger partial charge in [0.05, 0.1) is 13.2 Å². The molecule has 1 unspecified atom stereocenters. The number of fused-ring (bicyclic) bond motifs is 1. The Labute approximate surface area is 172 Å². The molecular weight excluding hydrogens is 358 g/mol. The number of carbonyl (C=O) groups is 1. The fraction of sp³-hybridized carbons (Fsp3) is 0.269. The van der Waals surface area contributed by atoms with E-state index >= 15 is 0 Å². The van der Waals surface area contributed by atoms with Gasteiger partial charge in [-0.1, -0.05) is 72.8 Å². The molecule has 0 aromatic heterocycles. The quantitative estimate of drug-likeness (QED) is 0.591. The van der Waals surface area contributed by atoms with Gasteiger partial charge in [-0.25, -0.2) is 0 Å². The second kappa shape index (κ2) is 8.52. The molecule has 1 aliphatic heterocycles. The predicted octanol–water partition coefficient (Wildman–Crippen LogP) is 5.36. The fourth-order valence-corrected chi connectivity index (χ4v) is 4.60. The van der Waals surface area contributed by atoms with Crippen LogP contribution in [0.25, 0.3) is 0 Å². The highest BCUT2D eigenvalue weighted by atomic mass is 16.5. The van der Waals surface area contributed by atoms with E-state index in [0.717, 1.165) is 25.1 Å². The van der Waals surface area contributed by atoms with Crippen LogP contribution in [0, 0.1) is 0 Å². The second-order valence-corrected chi connectivity index (χ2v) is 7.62. The number of nitrogens with zero attached hydrogens (tertiary/aromatic N) is 1. The van der Waals surface area contributed by atoms with Crippen molar-refractivity contribution in [2.45, 2.75) is 31.7 Å². The zero-order valence-electron chi connectivity index (χ0n) is 17.0. The number of methoxy groups -OCH3 is 1. The Hall–Kier alpha value is -3.07. The summed E-state index contributed by atoms with van der Waals surface area (Å²) >= 11 is 0. The summed E-state index contributed by atoms with van der Waals surface area (Å²) in [5.74, 6) is 1.26. The van der Waals surface area contributed by atoms with E-state index in [2.05, 4.69) is 54.6 Å². The van der Waals surface area contributed by atoms with E-state index in [1.54, 1.807) is 14.0 Å². The number of carbonyl (C=O) groups excluding carboxylic acids is 1. The minimum Gasteiger partial charge on any atom is -0.496 e. The van der Waals surface area contributed by atoms with Crippen molar-refractivity contribution >= 4 is 5.91 Å². The Morgan fingerprint density at radius 3 is 2.14 bits per heavy atom. The monoisotopic (exact) mass is 385 g/mol. The van der Waals surface area contributed by atoms with Crippen LogP contribution in [0.2, 0.25) is 0 Å². The van der Waals surface area contributed by atoms with Crippen molar-refractivity contribution in [2.24, 2.45) is 0 Å². The van der Waals surface area contributed by atoms with Crippen LogP contribution in [-0.2, 0) is 11.2 Å². The van der Waals surface area contributed by atoms with Gasteiger partial charge in [0, 0.05) is 24.9 Å². The predicted molar refractivity (Wildman–Crippen MR) is 116 cm³/mol. The summed E-state index contributed by atoms with van der Waals surface area (Å²) < 4.78 is 5.63. The van der Waals surface area contributed by atoms with E-state index in [4.69, 9.17) is 4.74 Å². The van der Waals surface area contributed by atoms with Crippen LogP contribution in [0.3, 0.4) is 0 Å². The molecule has 3 aromatic rings. The topological polar surface area (TPSA) is 29.5 Å². The first kappa shape index (κ1) is 19.3. The maximum atomic E-state index is 12.5. The molecule has 29 heavy (non-hydrogen) atoms. The Balaban J connectivity index is 1.79. The molecule has 0 radical (unpaired) electrons. The highest BCUT2D eigenvalue weighted by Gasteiger charge is 2.33. The number of amides is 1. The average molecular weight is 386 g/mol. The summed E-state index contributed by atoms with van der Waals surface area (Å²) in [7, 11) is 1.72.